The molecule has 0 aliphatic rings. The smallest absolute Gasteiger partial charge is 0.242 e. The minimum Gasteiger partial charge on any atom is -0.383 e. The van der Waals surface area contributed by atoms with Gasteiger partial charge < -0.3 is 5.32 Å². The molecule has 0 aliphatic carbocycles. The molecular weight excluding hydrogens is 272 g/mol. The highest BCUT2D eigenvalue weighted by Gasteiger charge is 2.16. The molecule has 1 rings (SSSR count). The molecule has 1 N–H and O–H groups in total. The lowest BCUT2D eigenvalue weighted by Crippen LogP contribution is -2.22. The molecule has 0 aliphatic heterocycles. The van der Waals surface area contributed by atoms with Gasteiger partial charge in [0.2, 0.25) is 10.0 Å². The van der Waals surface area contributed by atoms with Crippen LogP contribution in [0.4, 0.5) is 5.69 Å². The SMILES string of the molecule is CC(CCCl)Nc1ccc(S(=O)(=O)N(C)C)cc1. The van der Waals surface area contributed by atoms with Gasteiger partial charge in [0.1, 0.15) is 0 Å². The van der Waals surface area contributed by atoms with Gasteiger partial charge in [-0.2, -0.15) is 0 Å². The van der Waals surface area contributed by atoms with E-state index in [4.69, 9.17) is 11.6 Å². The Balaban J connectivity index is 2.81. The molecule has 0 fully saturated rings. The third-order valence-electron chi connectivity index (χ3n) is 2.59. The molecular formula is C12H19ClN2O2S. The molecule has 0 aromatic heterocycles. The van der Waals surface area contributed by atoms with Crippen LogP contribution in [0.15, 0.2) is 29.2 Å². The van der Waals surface area contributed by atoms with Crippen LogP contribution in [0.2, 0.25) is 0 Å². The maximum absolute atomic E-state index is 11.9. The molecule has 1 aromatic carbocycles. The predicted molar refractivity (Wildman–Crippen MR) is 75.7 cm³/mol. The highest BCUT2D eigenvalue weighted by Crippen LogP contribution is 2.17. The molecule has 18 heavy (non-hydrogen) atoms. The van der Waals surface area contributed by atoms with Crippen molar-refractivity contribution in [1.82, 2.24) is 4.31 Å². The van der Waals surface area contributed by atoms with Gasteiger partial charge in [0.05, 0.1) is 4.90 Å². The molecule has 1 unspecified atom stereocenters. The molecule has 0 radical (unpaired) electrons. The molecule has 0 saturated carbocycles. The van der Waals surface area contributed by atoms with Crippen molar-refractivity contribution in [2.75, 3.05) is 25.3 Å². The molecule has 102 valence electrons. The van der Waals surface area contributed by atoms with E-state index in [2.05, 4.69) is 5.32 Å². The van der Waals surface area contributed by atoms with Gasteiger partial charge in [0, 0.05) is 31.7 Å². The Hall–Kier alpha value is -0.780. The van der Waals surface area contributed by atoms with Crippen LogP contribution < -0.4 is 5.32 Å². The van der Waals surface area contributed by atoms with E-state index >= 15 is 0 Å². The van der Waals surface area contributed by atoms with Crippen LogP contribution in [0.1, 0.15) is 13.3 Å². The average molecular weight is 291 g/mol. The minimum absolute atomic E-state index is 0.263. The van der Waals surface area contributed by atoms with E-state index in [0.717, 1.165) is 12.1 Å². The molecule has 4 nitrogen and oxygen atoms in total. The summed E-state index contributed by atoms with van der Waals surface area (Å²) in [5, 5.41) is 3.26. The van der Waals surface area contributed by atoms with Crippen LogP contribution in [0.5, 0.6) is 0 Å². The number of nitrogens with one attached hydrogen (secondary N) is 1. The van der Waals surface area contributed by atoms with Crippen molar-refractivity contribution < 1.29 is 8.42 Å². The molecule has 1 atom stereocenters. The number of halogens is 1. The molecule has 1 aromatic rings. The summed E-state index contributed by atoms with van der Waals surface area (Å²) in [6.45, 7) is 2.03. The summed E-state index contributed by atoms with van der Waals surface area (Å²) in [5.41, 5.74) is 0.894. The van der Waals surface area contributed by atoms with Crippen LogP contribution >= 0.6 is 11.6 Å². The topological polar surface area (TPSA) is 49.4 Å². The largest absolute Gasteiger partial charge is 0.383 e. The monoisotopic (exact) mass is 290 g/mol. The average Bonchev–Trinajstić information content (AvgIpc) is 2.29. The van der Waals surface area contributed by atoms with E-state index in [-0.39, 0.29) is 6.04 Å². The van der Waals surface area contributed by atoms with Crippen molar-refractivity contribution in [3.05, 3.63) is 24.3 Å². The molecule has 0 amide bonds. The van der Waals surface area contributed by atoms with Gasteiger partial charge in [-0.15, -0.1) is 11.6 Å². The number of benzene rings is 1. The van der Waals surface area contributed by atoms with E-state index in [0.29, 0.717) is 10.8 Å². The lowest BCUT2D eigenvalue weighted by atomic mass is 10.2. The summed E-state index contributed by atoms with van der Waals surface area (Å²) in [7, 11) is -0.312. The zero-order valence-electron chi connectivity index (χ0n) is 10.9. The van der Waals surface area contributed by atoms with E-state index in [9.17, 15) is 8.42 Å². The first-order chi connectivity index (χ1) is 8.37. The highest BCUT2D eigenvalue weighted by atomic mass is 35.5. The van der Waals surface area contributed by atoms with Gasteiger partial charge in [-0.3, -0.25) is 0 Å². The Morgan fingerprint density at radius 3 is 2.28 bits per heavy atom. The third kappa shape index (κ3) is 3.86. The van der Waals surface area contributed by atoms with E-state index in [1.54, 1.807) is 24.3 Å². The number of sulfonamides is 1. The van der Waals surface area contributed by atoms with Crippen molar-refractivity contribution in [2.24, 2.45) is 0 Å². The minimum atomic E-state index is -3.35. The quantitative estimate of drug-likeness (QED) is 0.818. The molecule has 0 bridgehead atoms. The normalized spacial score (nSPS) is 13.6. The second-order valence-electron chi connectivity index (χ2n) is 4.33. The lowest BCUT2D eigenvalue weighted by molar-refractivity contribution is 0.521. The van der Waals surface area contributed by atoms with Crippen molar-refractivity contribution in [3.8, 4) is 0 Å². The number of anilines is 1. The second-order valence-corrected chi connectivity index (χ2v) is 6.86. The van der Waals surface area contributed by atoms with Crippen molar-refractivity contribution in [1.29, 1.82) is 0 Å². The first kappa shape index (κ1) is 15.3. The maximum atomic E-state index is 11.9. The van der Waals surface area contributed by atoms with Gasteiger partial charge in [-0.1, -0.05) is 0 Å². The first-order valence-electron chi connectivity index (χ1n) is 5.73. The summed E-state index contributed by atoms with van der Waals surface area (Å²) in [6.07, 6.45) is 0.860. The molecule has 0 saturated heterocycles. The van der Waals surface area contributed by atoms with E-state index < -0.39 is 10.0 Å². The third-order valence-corrected chi connectivity index (χ3v) is 4.64. The fraction of sp³-hybridized carbons (Fsp3) is 0.500. The highest BCUT2D eigenvalue weighted by molar-refractivity contribution is 7.89. The van der Waals surface area contributed by atoms with Gasteiger partial charge in [0.15, 0.2) is 0 Å². The van der Waals surface area contributed by atoms with Crippen LogP contribution in [-0.2, 0) is 10.0 Å². The van der Waals surface area contributed by atoms with Crippen LogP contribution in [0, 0.1) is 0 Å². The van der Waals surface area contributed by atoms with Crippen molar-refractivity contribution in [3.63, 3.8) is 0 Å². The number of nitrogens with zero attached hydrogens (tertiary/aromatic N) is 1. The first-order valence-corrected chi connectivity index (χ1v) is 7.70. The summed E-state index contributed by atoms with van der Waals surface area (Å²) in [4.78, 5) is 0.294. The van der Waals surface area contributed by atoms with Crippen molar-refractivity contribution >= 4 is 27.3 Å². The summed E-state index contributed by atoms with van der Waals surface area (Å²) in [6, 6.07) is 7.00. The summed E-state index contributed by atoms with van der Waals surface area (Å²) < 4.78 is 24.9. The number of rotatable bonds is 6. The number of alkyl halides is 1. The fourth-order valence-electron chi connectivity index (χ4n) is 1.45. The Bertz CT molecular complexity index is 471. The summed E-state index contributed by atoms with van der Waals surface area (Å²) in [5.74, 6) is 0.598. The zero-order chi connectivity index (χ0) is 13.8. The Morgan fingerprint density at radius 2 is 1.83 bits per heavy atom. The Labute approximate surface area is 114 Å². The lowest BCUT2D eigenvalue weighted by Gasteiger charge is -2.15. The van der Waals surface area contributed by atoms with Crippen molar-refractivity contribution in [2.45, 2.75) is 24.3 Å². The van der Waals surface area contributed by atoms with Gasteiger partial charge in [0.25, 0.3) is 0 Å². The number of hydrogen-bond donors (Lipinski definition) is 1. The maximum Gasteiger partial charge on any atom is 0.242 e. The summed E-state index contributed by atoms with van der Waals surface area (Å²) >= 11 is 5.66. The van der Waals surface area contributed by atoms with Gasteiger partial charge >= 0.3 is 0 Å². The molecule has 0 spiro atoms. The molecule has 6 heteroatoms. The van der Waals surface area contributed by atoms with Crippen LogP contribution in [0.3, 0.4) is 0 Å². The Morgan fingerprint density at radius 1 is 1.28 bits per heavy atom. The van der Waals surface area contributed by atoms with Crippen LogP contribution in [-0.4, -0.2) is 38.7 Å². The van der Waals surface area contributed by atoms with Gasteiger partial charge in [-0.25, -0.2) is 12.7 Å². The predicted octanol–water partition coefficient (Wildman–Crippen LogP) is 2.37. The van der Waals surface area contributed by atoms with E-state index in [1.807, 2.05) is 6.92 Å². The fourth-order valence-corrected chi connectivity index (χ4v) is 2.68. The van der Waals surface area contributed by atoms with E-state index in [1.165, 1.54) is 18.4 Å². The van der Waals surface area contributed by atoms with Crippen LogP contribution in [0.25, 0.3) is 0 Å². The Kier molecular flexibility index (Phi) is 5.44. The standard InChI is InChI=1S/C12H19ClN2O2S/c1-10(8-9-13)14-11-4-6-12(7-5-11)18(16,17)15(2)3/h4-7,10,14H,8-9H2,1-3H3. The second kappa shape index (κ2) is 6.41. The molecule has 0 heterocycles. The zero-order valence-corrected chi connectivity index (χ0v) is 12.4. The van der Waals surface area contributed by atoms with Gasteiger partial charge in [-0.05, 0) is 37.6 Å². The number of hydrogen-bond acceptors (Lipinski definition) is 3.